The molecule has 2 rings (SSSR count). The summed E-state index contributed by atoms with van der Waals surface area (Å²) in [6.07, 6.45) is 5.42. The Balaban J connectivity index is 2.12. The van der Waals surface area contributed by atoms with E-state index in [1.54, 1.807) is 4.90 Å². The molecule has 16 heavy (non-hydrogen) atoms. The van der Waals surface area contributed by atoms with Gasteiger partial charge in [0.05, 0.1) is 6.61 Å². The molecule has 1 saturated carbocycles. The average Bonchev–Trinajstić information content (AvgIpc) is 2.56. The predicted octanol–water partition coefficient (Wildman–Crippen LogP) is 0.856. The number of amides is 1. The van der Waals surface area contributed by atoms with Gasteiger partial charge in [0.1, 0.15) is 4.32 Å². The maximum absolute atomic E-state index is 11.8. The Morgan fingerprint density at radius 2 is 1.94 bits per heavy atom. The first-order valence-electron chi connectivity index (χ1n) is 5.74. The van der Waals surface area contributed by atoms with Crippen LogP contribution in [0.3, 0.4) is 0 Å². The molecule has 1 amide bonds. The molecule has 0 spiro atoms. The average molecular weight is 290 g/mol. The zero-order valence-corrected chi connectivity index (χ0v) is 10.7. The minimum Gasteiger partial charge on any atom is -0.394 e. The van der Waals surface area contributed by atoms with Crippen molar-refractivity contribution in [2.75, 3.05) is 13.2 Å². The second-order valence-electron chi connectivity index (χ2n) is 4.68. The molecular formula is C11H16BrNO3. The highest BCUT2D eigenvalue weighted by Crippen LogP contribution is 2.33. The summed E-state index contributed by atoms with van der Waals surface area (Å²) < 4.78 is -1.05. The first kappa shape index (κ1) is 12.0. The lowest BCUT2D eigenvalue weighted by molar-refractivity contribution is -0.142. The fourth-order valence-electron chi connectivity index (χ4n) is 2.55. The van der Waals surface area contributed by atoms with Crippen molar-refractivity contribution in [2.24, 2.45) is 0 Å². The predicted molar refractivity (Wildman–Crippen MR) is 62.3 cm³/mol. The molecule has 4 nitrogen and oxygen atoms in total. The van der Waals surface area contributed by atoms with Gasteiger partial charge in [-0.25, -0.2) is 0 Å². The van der Waals surface area contributed by atoms with Crippen molar-refractivity contribution in [3.8, 4) is 0 Å². The number of ketones is 1. The lowest BCUT2D eigenvalue weighted by Gasteiger charge is -2.31. The Kier molecular flexibility index (Phi) is 3.35. The number of aliphatic hydroxyl groups excluding tert-OH is 1. The molecule has 0 aromatic carbocycles. The van der Waals surface area contributed by atoms with E-state index in [0.717, 1.165) is 25.7 Å². The first-order chi connectivity index (χ1) is 7.58. The molecule has 0 aromatic rings. The van der Waals surface area contributed by atoms with Crippen LogP contribution in [-0.2, 0) is 9.59 Å². The minimum absolute atomic E-state index is 0.191. The normalized spacial score (nSPS) is 32.5. The van der Waals surface area contributed by atoms with Crippen LogP contribution in [0.1, 0.15) is 32.1 Å². The highest BCUT2D eigenvalue weighted by atomic mass is 79.9. The second-order valence-corrected chi connectivity index (χ2v) is 6.20. The number of rotatable bonds is 2. The van der Waals surface area contributed by atoms with Crippen molar-refractivity contribution < 1.29 is 14.7 Å². The Labute approximate surface area is 103 Å². The number of Topliss-reactive ketones (excluding diaryl/α,β-unsaturated/α-hetero) is 1. The van der Waals surface area contributed by atoms with Crippen LogP contribution in [0.15, 0.2) is 0 Å². The van der Waals surface area contributed by atoms with Crippen LogP contribution in [0.2, 0.25) is 0 Å². The summed E-state index contributed by atoms with van der Waals surface area (Å²) in [5.74, 6) is -0.932. The molecule has 2 aliphatic rings. The van der Waals surface area contributed by atoms with Gasteiger partial charge in [-0.05, 0) is 12.8 Å². The largest absolute Gasteiger partial charge is 0.394 e. The summed E-state index contributed by atoms with van der Waals surface area (Å²) in [4.78, 5) is 25.2. The van der Waals surface area contributed by atoms with Crippen molar-refractivity contribution in [3.63, 3.8) is 0 Å². The quantitative estimate of drug-likeness (QED) is 0.606. The summed E-state index contributed by atoms with van der Waals surface area (Å²) in [6.45, 7) is -0.00731. The van der Waals surface area contributed by atoms with Crippen molar-refractivity contribution in [1.29, 1.82) is 0 Å². The van der Waals surface area contributed by atoms with Crippen LogP contribution in [-0.4, -0.2) is 45.2 Å². The molecule has 1 atom stereocenters. The molecule has 2 fully saturated rings. The number of nitrogens with zero attached hydrogens (tertiary/aromatic N) is 1. The zero-order valence-electron chi connectivity index (χ0n) is 9.12. The molecule has 1 N–H and O–H groups in total. The van der Waals surface area contributed by atoms with Gasteiger partial charge in [-0.1, -0.05) is 35.2 Å². The van der Waals surface area contributed by atoms with Crippen molar-refractivity contribution in [2.45, 2.75) is 42.5 Å². The lowest BCUT2D eigenvalue weighted by Crippen LogP contribution is -2.40. The fourth-order valence-corrected chi connectivity index (χ4v) is 2.98. The van der Waals surface area contributed by atoms with E-state index in [9.17, 15) is 14.7 Å². The smallest absolute Gasteiger partial charge is 0.291 e. The second kappa shape index (κ2) is 4.45. The number of carbonyl (C=O) groups is 2. The van der Waals surface area contributed by atoms with E-state index in [1.165, 1.54) is 6.42 Å². The SMILES string of the molecule is O=C1C(=O)C(Br)(CO)CN1C1CCCCC1. The molecule has 5 heteroatoms. The van der Waals surface area contributed by atoms with E-state index < -0.39 is 16.0 Å². The van der Waals surface area contributed by atoms with E-state index in [4.69, 9.17) is 0 Å². The van der Waals surface area contributed by atoms with Gasteiger partial charge < -0.3 is 10.0 Å². The Morgan fingerprint density at radius 3 is 2.44 bits per heavy atom. The first-order valence-corrected chi connectivity index (χ1v) is 6.53. The van der Waals surface area contributed by atoms with Gasteiger partial charge >= 0.3 is 0 Å². The number of hydrogen-bond donors (Lipinski definition) is 1. The molecule has 1 aliphatic carbocycles. The third-order valence-electron chi connectivity index (χ3n) is 3.55. The van der Waals surface area contributed by atoms with Crippen LogP contribution in [0, 0.1) is 0 Å². The molecule has 1 saturated heterocycles. The van der Waals surface area contributed by atoms with Crippen LogP contribution in [0.4, 0.5) is 0 Å². The third-order valence-corrected chi connectivity index (χ3v) is 4.41. The van der Waals surface area contributed by atoms with E-state index >= 15 is 0 Å². The van der Waals surface area contributed by atoms with Crippen molar-refractivity contribution in [1.82, 2.24) is 4.90 Å². The molecule has 0 bridgehead atoms. The highest BCUT2D eigenvalue weighted by Gasteiger charge is 2.51. The maximum Gasteiger partial charge on any atom is 0.291 e. The van der Waals surface area contributed by atoms with Crippen LogP contribution >= 0.6 is 15.9 Å². The van der Waals surface area contributed by atoms with Crippen LogP contribution in [0.5, 0.6) is 0 Å². The zero-order chi connectivity index (χ0) is 11.8. The number of halogens is 1. The van der Waals surface area contributed by atoms with Crippen LogP contribution < -0.4 is 0 Å². The standard InChI is InChI=1S/C11H16BrNO3/c12-11(7-14)6-13(10(16)9(11)15)8-4-2-1-3-5-8/h8,14H,1-7H2. The van der Waals surface area contributed by atoms with Crippen molar-refractivity contribution in [3.05, 3.63) is 0 Å². The van der Waals surface area contributed by atoms with Crippen molar-refractivity contribution >= 4 is 27.6 Å². The molecule has 1 aliphatic heterocycles. The van der Waals surface area contributed by atoms with Gasteiger partial charge in [-0.3, -0.25) is 9.59 Å². The van der Waals surface area contributed by atoms with Gasteiger partial charge in [0, 0.05) is 12.6 Å². The number of hydrogen-bond acceptors (Lipinski definition) is 3. The highest BCUT2D eigenvalue weighted by molar-refractivity contribution is 9.10. The maximum atomic E-state index is 11.8. The fraction of sp³-hybridized carbons (Fsp3) is 0.818. The summed E-state index contributed by atoms with van der Waals surface area (Å²) >= 11 is 3.20. The molecule has 0 aromatic heterocycles. The van der Waals surface area contributed by atoms with Gasteiger partial charge in [0.15, 0.2) is 0 Å². The number of likely N-dealkylation sites (tertiary alicyclic amines) is 1. The monoisotopic (exact) mass is 289 g/mol. The number of carbonyl (C=O) groups excluding carboxylic acids is 2. The summed E-state index contributed by atoms with van der Waals surface area (Å²) in [5.41, 5.74) is 0. The molecule has 90 valence electrons. The summed E-state index contributed by atoms with van der Waals surface area (Å²) in [6, 6.07) is 0.191. The molecular weight excluding hydrogens is 274 g/mol. The van der Waals surface area contributed by atoms with E-state index in [0.29, 0.717) is 6.54 Å². The van der Waals surface area contributed by atoms with Crippen LogP contribution in [0.25, 0.3) is 0 Å². The van der Waals surface area contributed by atoms with Gasteiger partial charge in [-0.2, -0.15) is 0 Å². The Morgan fingerprint density at radius 1 is 1.31 bits per heavy atom. The third kappa shape index (κ3) is 1.91. The number of alkyl halides is 1. The molecule has 0 radical (unpaired) electrons. The summed E-state index contributed by atoms with van der Waals surface area (Å²) in [5, 5.41) is 9.18. The lowest BCUT2D eigenvalue weighted by atomic mass is 9.94. The summed E-state index contributed by atoms with van der Waals surface area (Å²) in [7, 11) is 0. The molecule has 1 heterocycles. The van der Waals surface area contributed by atoms with E-state index in [2.05, 4.69) is 15.9 Å². The minimum atomic E-state index is -1.05. The Bertz CT molecular complexity index is 314. The van der Waals surface area contributed by atoms with Gasteiger partial charge in [0.25, 0.3) is 5.91 Å². The molecule has 1 unspecified atom stereocenters. The van der Waals surface area contributed by atoms with E-state index in [-0.39, 0.29) is 12.6 Å². The van der Waals surface area contributed by atoms with Gasteiger partial charge in [-0.15, -0.1) is 0 Å². The topological polar surface area (TPSA) is 57.6 Å². The number of aliphatic hydroxyl groups is 1. The van der Waals surface area contributed by atoms with Gasteiger partial charge in [0.2, 0.25) is 5.78 Å². The Hall–Kier alpha value is -0.420. The van der Waals surface area contributed by atoms with E-state index in [1.807, 2.05) is 0 Å².